The van der Waals surface area contributed by atoms with Gasteiger partial charge < -0.3 is 14.2 Å². The van der Waals surface area contributed by atoms with Gasteiger partial charge in [-0.1, -0.05) is 36.4 Å². The Bertz CT molecular complexity index is 1180. The van der Waals surface area contributed by atoms with Crippen LogP contribution in [-0.2, 0) is 20.7 Å². The monoisotopic (exact) mass is 475 g/mol. The average Bonchev–Trinajstić information content (AvgIpc) is 2.80. The normalized spacial score (nSPS) is 11.1. The fourth-order valence-electron chi connectivity index (χ4n) is 3.71. The number of hydrogen-bond acceptors (Lipinski definition) is 6. The second-order valence-corrected chi connectivity index (χ2v) is 9.20. The van der Waals surface area contributed by atoms with Crippen LogP contribution in [0.15, 0.2) is 60.8 Å². The van der Waals surface area contributed by atoms with Crippen molar-refractivity contribution in [1.82, 2.24) is 4.98 Å². The number of nitrogens with zero attached hydrogens (tertiary/aromatic N) is 1. The van der Waals surface area contributed by atoms with E-state index in [1.54, 1.807) is 19.2 Å². The lowest BCUT2D eigenvalue weighted by Gasteiger charge is -2.20. The molecule has 0 radical (unpaired) electrons. The number of carbonyl (C=O) groups excluding carboxylic acids is 2. The van der Waals surface area contributed by atoms with Crippen LogP contribution >= 0.6 is 0 Å². The van der Waals surface area contributed by atoms with Gasteiger partial charge in [-0.15, -0.1) is 0 Å². The van der Waals surface area contributed by atoms with E-state index >= 15 is 0 Å². The Hall–Kier alpha value is -3.67. The quantitative estimate of drug-likeness (QED) is 0.321. The number of carbonyl (C=O) groups is 2. The SMILES string of the molecule is CCOC(=O)CCCc1ccccc1Oc1cccc(-c2cccnc2C(=O)OC(C)(C)C)c1C. The summed E-state index contributed by atoms with van der Waals surface area (Å²) >= 11 is 0. The second-order valence-electron chi connectivity index (χ2n) is 9.20. The lowest BCUT2D eigenvalue weighted by molar-refractivity contribution is -0.143. The Morgan fingerprint density at radius 3 is 2.37 bits per heavy atom. The first-order chi connectivity index (χ1) is 16.7. The molecule has 0 fully saturated rings. The highest BCUT2D eigenvalue weighted by molar-refractivity contribution is 5.96. The Morgan fingerprint density at radius 2 is 1.63 bits per heavy atom. The predicted molar refractivity (Wildman–Crippen MR) is 136 cm³/mol. The molecule has 0 spiro atoms. The minimum atomic E-state index is -0.622. The van der Waals surface area contributed by atoms with Crippen LogP contribution in [0.1, 0.15) is 62.2 Å². The van der Waals surface area contributed by atoms with Crippen molar-refractivity contribution >= 4 is 11.9 Å². The van der Waals surface area contributed by atoms with Crippen molar-refractivity contribution in [3.63, 3.8) is 0 Å². The molecule has 35 heavy (non-hydrogen) atoms. The zero-order chi connectivity index (χ0) is 25.4. The molecule has 0 saturated carbocycles. The maximum Gasteiger partial charge on any atom is 0.358 e. The molecular formula is C29H33NO5. The first-order valence-electron chi connectivity index (χ1n) is 11.9. The molecule has 0 bridgehead atoms. The standard InChI is InChI=1S/C29H33NO5/c1-6-33-26(31)18-9-13-21-12-7-8-16-25(21)34-24-17-10-14-22(20(24)2)23-15-11-19-30-27(23)28(32)35-29(3,4)5/h7-8,10-12,14-17,19H,6,9,13,18H2,1-5H3. The summed E-state index contributed by atoms with van der Waals surface area (Å²) in [5.74, 6) is 0.756. The molecule has 0 atom stereocenters. The summed E-state index contributed by atoms with van der Waals surface area (Å²) < 4.78 is 16.9. The van der Waals surface area contributed by atoms with E-state index < -0.39 is 11.6 Å². The summed E-state index contributed by atoms with van der Waals surface area (Å²) in [5.41, 5.74) is 3.07. The van der Waals surface area contributed by atoms with Crippen molar-refractivity contribution < 1.29 is 23.8 Å². The zero-order valence-electron chi connectivity index (χ0n) is 21.1. The van der Waals surface area contributed by atoms with Crippen molar-refractivity contribution in [2.24, 2.45) is 0 Å². The third-order valence-corrected chi connectivity index (χ3v) is 5.30. The van der Waals surface area contributed by atoms with E-state index in [1.165, 1.54) is 0 Å². The van der Waals surface area contributed by atoms with Crippen molar-refractivity contribution in [3.05, 3.63) is 77.6 Å². The van der Waals surface area contributed by atoms with Gasteiger partial charge in [-0.25, -0.2) is 9.78 Å². The van der Waals surface area contributed by atoms with Crippen LogP contribution in [0, 0.1) is 6.92 Å². The van der Waals surface area contributed by atoms with E-state index in [1.807, 2.05) is 76.2 Å². The van der Waals surface area contributed by atoms with E-state index in [4.69, 9.17) is 14.2 Å². The zero-order valence-corrected chi connectivity index (χ0v) is 21.1. The molecule has 184 valence electrons. The number of pyridine rings is 1. The van der Waals surface area contributed by atoms with Crippen molar-refractivity contribution in [3.8, 4) is 22.6 Å². The Morgan fingerprint density at radius 1 is 0.914 bits per heavy atom. The van der Waals surface area contributed by atoms with E-state index in [2.05, 4.69) is 4.98 Å². The van der Waals surface area contributed by atoms with Gasteiger partial charge in [0.1, 0.15) is 17.1 Å². The number of aryl methyl sites for hydroxylation is 1. The van der Waals surface area contributed by atoms with E-state index in [9.17, 15) is 9.59 Å². The summed E-state index contributed by atoms with van der Waals surface area (Å²) in [5, 5.41) is 0. The molecule has 1 aromatic heterocycles. The molecule has 3 aromatic rings. The van der Waals surface area contributed by atoms with Crippen molar-refractivity contribution in [2.75, 3.05) is 6.61 Å². The Kier molecular flexibility index (Phi) is 8.63. The summed E-state index contributed by atoms with van der Waals surface area (Å²) in [6, 6.07) is 17.2. The van der Waals surface area contributed by atoms with Crippen LogP contribution in [0.2, 0.25) is 0 Å². The van der Waals surface area contributed by atoms with Gasteiger partial charge in [-0.3, -0.25) is 4.79 Å². The first-order valence-corrected chi connectivity index (χ1v) is 11.9. The minimum Gasteiger partial charge on any atom is -0.466 e. The molecule has 0 saturated heterocycles. The molecule has 0 unspecified atom stereocenters. The number of benzene rings is 2. The molecule has 0 aliphatic rings. The average molecular weight is 476 g/mol. The van der Waals surface area contributed by atoms with Gasteiger partial charge in [0.05, 0.1) is 6.61 Å². The second kappa shape index (κ2) is 11.6. The van der Waals surface area contributed by atoms with Gasteiger partial charge in [0.2, 0.25) is 0 Å². The summed E-state index contributed by atoms with van der Waals surface area (Å²) in [6.45, 7) is 9.65. The number of para-hydroxylation sites is 1. The maximum absolute atomic E-state index is 12.8. The third kappa shape index (κ3) is 7.15. The number of aromatic nitrogens is 1. The molecule has 6 heteroatoms. The highest BCUT2D eigenvalue weighted by atomic mass is 16.6. The summed E-state index contributed by atoms with van der Waals surface area (Å²) in [7, 11) is 0. The van der Waals surface area contributed by atoms with Crippen LogP contribution < -0.4 is 4.74 Å². The van der Waals surface area contributed by atoms with Gasteiger partial charge in [0.15, 0.2) is 5.69 Å². The number of esters is 2. The lowest BCUT2D eigenvalue weighted by Crippen LogP contribution is -2.24. The molecule has 6 nitrogen and oxygen atoms in total. The topological polar surface area (TPSA) is 74.7 Å². The van der Waals surface area contributed by atoms with Crippen LogP contribution in [-0.4, -0.2) is 29.1 Å². The fourth-order valence-corrected chi connectivity index (χ4v) is 3.71. The molecule has 0 N–H and O–H groups in total. The van der Waals surface area contributed by atoms with Crippen LogP contribution in [0.3, 0.4) is 0 Å². The Labute approximate surface area is 207 Å². The minimum absolute atomic E-state index is 0.188. The molecule has 0 aliphatic carbocycles. The molecule has 0 amide bonds. The molecule has 2 aromatic carbocycles. The maximum atomic E-state index is 12.8. The number of hydrogen-bond donors (Lipinski definition) is 0. The molecular weight excluding hydrogens is 442 g/mol. The van der Waals surface area contributed by atoms with Gasteiger partial charge >= 0.3 is 11.9 Å². The van der Waals surface area contributed by atoms with Crippen molar-refractivity contribution in [1.29, 1.82) is 0 Å². The van der Waals surface area contributed by atoms with Gasteiger partial charge in [0, 0.05) is 18.2 Å². The third-order valence-electron chi connectivity index (χ3n) is 5.30. The van der Waals surface area contributed by atoms with E-state index in [-0.39, 0.29) is 11.7 Å². The number of ether oxygens (including phenoxy) is 3. The van der Waals surface area contributed by atoms with Gasteiger partial charge in [-0.2, -0.15) is 0 Å². The first kappa shape index (κ1) is 25.9. The van der Waals surface area contributed by atoms with E-state index in [0.717, 1.165) is 22.4 Å². The van der Waals surface area contributed by atoms with Crippen LogP contribution in [0.4, 0.5) is 0 Å². The molecule has 0 aliphatic heterocycles. The smallest absolute Gasteiger partial charge is 0.358 e. The van der Waals surface area contributed by atoms with Gasteiger partial charge in [-0.05, 0) is 82.3 Å². The highest BCUT2D eigenvalue weighted by Gasteiger charge is 2.23. The van der Waals surface area contributed by atoms with Crippen LogP contribution in [0.5, 0.6) is 11.5 Å². The Balaban J connectivity index is 1.86. The summed E-state index contributed by atoms with van der Waals surface area (Å²) in [6.07, 6.45) is 3.32. The fraction of sp³-hybridized carbons (Fsp3) is 0.345. The lowest BCUT2D eigenvalue weighted by atomic mass is 9.98. The molecule has 1 heterocycles. The highest BCUT2D eigenvalue weighted by Crippen LogP contribution is 2.35. The molecule has 3 rings (SSSR count). The predicted octanol–water partition coefficient (Wildman–Crippen LogP) is 6.69. The summed E-state index contributed by atoms with van der Waals surface area (Å²) in [4.78, 5) is 28.8. The number of rotatable bonds is 9. The largest absolute Gasteiger partial charge is 0.466 e. The van der Waals surface area contributed by atoms with Crippen LogP contribution in [0.25, 0.3) is 11.1 Å². The van der Waals surface area contributed by atoms with Gasteiger partial charge in [0.25, 0.3) is 0 Å². The van der Waals surface area contributed by atoms with Crippen molar-refractivity contribution in [2.45, 2.75) is 59.5 Å². The van der Waals surface area contributed by atoms with E-state index in [0.29, 0.717) is 37.2 Å².